The summed E-state index contributed by atoms with van der Waals surface area (Å²) in [6.07, 6.45) is 7.37. The van der Waals surface area contributed by atoms with E-state index in [1.807, 2.05) is 12.1 Å². The smallest absolute Gasteiger partial charge is 0.267 e. The van der Waals surface area contributed by atoms with E-state index < -0.39 is 16.4 Å². The van der Waals surface area contributed by atoms with Crippen LogP contribution in [0, 0.1) is 16.0 Å². The third-order valence-electron chi connectivity index (χ3n) is 7.49. The average molecular weight is 511 g/mol. The van der Waals surface area contributed by atoms with Gasteiger partial charge in [0.25, 0.3) is 17.2 Å². The number of amides is 1. The number of carbonyl (C=O) groups excluding carboxylic acids is 1. The van der Waals surface area contributed by atoms with Crippen molar-refractivity contribution < 1.29 is 9.72 Å². The Labute approximate surface area is 220 Å². The van der Waals surface area contributed by atoms with Crippen molar-refractivity contribution in [2.45, 2.75) is 51.4 Å². The Hall–Kier alpha value is -4.33. The van der Waals surface area contributed by atoms with E-state index >= 15 is 0 Å². The van der Waals surface area contributed by atoms with Crippen LogP contribution < -0.4 is 11.0 Å². The van der Waals surface area contributed by atoms with Gasteiger partial charge in [-0.3, -0.25) is 25.1 Å². The molecule has 8 heteroatoms. The molecule has 38 heavy (non-hydrogen) atoms. The molecule has 8 nitrogen and oxygen atoms in total. The van der Waals surface area contributed by atoms with Crippen molar-refractivity contribution in [3.63, 3.8) is 0 Å². The lowest BCUT2D eigenvalue weighted by molar-refractivity contribution is -0.384. The quantitative estimate of drug-likeness (QED) is 0.228. The number of hydrogen-bond donors (Lipinski definition) is 1. The molecule has 0 aliphatic heterocycles. The van der Waals surface area contributed by atoms with Gasteiger partial charge in [0.1, 0.15) is 0 Å². The number of nitrogens with one attached hydrogen (secondary N) is 1. The van der Waals surface area contributed by atoms with Gasteiger partial charge in [0.05, 0.1) is 15.8 Å². The molecule has 4 aromatic rings. The first-order chi connectivity index (χ1) is 18.4. The van der Waals surface area contributed by atoms with Crippen LogP contribution in [-0.2, 0) is 0 Å². The lowest BCUT2D eigenvalue weighted by Gasteiger charge is -2.28. The van der Waals surface area contributed by atoms with E-state index in [1.165, 1.54) is 62.3 Å². The summed E-state index contributed by atoms with van der Waals surface area (Å²) in [7, 11) is 0. The number of aromatic nitrogens is 2. The van der Waals surface area contributed by atoms with Crippen LogP contribution in [0.4, 0.5) is 5.69 Å². The van der Waals surface area contributed by atoms with E-state index in [1.54, 1.807) is 42.5 Å². The fraction of sp³-hybridized carbons (Fsp3) is 0.300. The highest BCUT2D eigenvalue weighted by molar-refractivity contribution is 6.00. The van der Waals surface area contributed by atoms with Crippen LogP contribution in [0.3, 0.4) is 0 Å². The second-order valence-electron chi connectivity index (χ2n) is 9.97. The number of carbonyl (C=O) groups is 1. The summed E-state index contributed by atoms with van der Waals surface area (Å²) in [5.41, 5.74) is 4.51. The molecule has 5 rings (SSSR count). The monoisotopic (exact) mass is 510 g/mol. The minimum atomic E-state index is -0.511. The van der Waals surface area contributed by atoms with Gasteiger partial charge in [-0.2, -0.15) is 4.68 Å². The molecule has 1 aromatic heterocycles. The van der Waals surface area contributed by atoms with Crippen molar-refractivity contribution in [3.05, 3.63) is 104 Å². The van der Waals surface area contributed by atoms with E-state index in [9.17, 15) is 19.7 Å². The number of nitro groups is 1. The summed E-state index contributed by atoms with van der Waals surface area (Å²) in [5, 5.41) is 11.7. The van der Waals surface area contributed by atoms with Gasteiger partial charge in [0, 0.05) is 23.3 Å². The van der Waals surface area contributed by atoms with Gasteiger partial charge in [0.15, 0.2) is 5.82 Å². The van der Waals surface area contributed by atoms with Gasteiger partial charge >= 0.3 is 0 Å². The van der Waals surface area contributed by atoms with E-state index in [-0.39, 0.29) is 11.5 Å². The maximum atomic E-state index is 13.4. The Bertz CT molecular complexity index is 1540. The maximum Gasteiger partial charge on any atom is 0.280 e. The second-order valence-corrected chi connectivity index (χ2v) is 9.97. The fourth-order valence-corrected chi connectivity index (χ4v) is 5.45. The molecule has 0 unspecified atom stereocenters. The Morgan fingerprint density at radius 2 is 1.76 bits per heavy atom. The van der Waals surface area contributed by atoms with Crippen LogP contribution in [0.5, 0.6) is 0 Å². The summed E-state index contributed by atoms with van der Waals surface area (Å²) in [4.78, 5) is 42.1. The molecule has 194 valence electrons. The first kappa shape index (κ1) is 25.3. The number of para-hydroxylation sites is 1. The van der Waals surface area contributed by atoms with E-state index in [4.69, 9.17) is 0 Å². The zero-order valence-corrected chi connectivity index (χ0v) is 21.3. The normalized spacial score (nSPS) is 17.3. The van der Waals surface area contributed by atoms with Crippen LogP contribution in [0.15, 0.2) is 77.6 Å². The van der Waals surface area contributed by atoms with Crippen molar-refractivity contribution in [2.24, 2.45) is 5.92 Å². The van der Waals surface area contributed by atoms with Gasteiger partial charge in [-0.25, -0.2) is 4.98 Å². The van der Waals surface area contributed by atoms with Crippen molar-refractivity contribution >= 4 is 22.5 Å². The standard InChI is InChI=1S/C30H30N4O4/c1-2-6-20-11-13-21(14-12-20)22-15-17-23(18-16-22)29(35)32-33-28(24-7-5-8-25(19-24)34(37)38)31-27-10-4-3-9-26(27)30(33)36/h3-5,7-10,15-21H,2,6,11-14H2,1H3,(H,32,35). The molecular weight excluding hydrogens is 480 g/mol. The molecule has 1 aliphatic carbocycles. The predicted octanol–water partition coefficient (Wildman–Crippen LogP) is 6.43. The molecule has 0 radical (unpaired) electrons. The SMILES string of the molecule is CCCC1CCC(c2ccc(C(=O)Nn3c(-c4cccc([N+](=O)[O-])c4)nc4ccccc4c3=O)cc2)CC1. The van der Waals surface area contributed by atoms with Gasteiger partial charge in [-0.05, 0) is 67.3 Å². The van der Waals surface area contributed by atoms with Crippen LogP contribution in [0.1, 0.15) is 67.3 Å². The minimum absolute atomic E-state index is 0.117. The molecule has 0 saturated heterocycles. The van der Waals surface area contributed by atoms with Crippen LogP contribution in [0.2, 0.25) is 0 Å². The number of hydrogen-bond acceptors (Lipinski definition) is 5. The van der Waals surface area contributed by atoms with Crippen LogP contribution in [0.25, 0.3) is 22.3 Å². The largest absolute Gasteiger partial charge is 0.280 e. The molecule has 1 aliphatic rings. The Kier molecular flexibility index (Phi) is 7.31. The van der Waals surface area contributed by atoms with Gasteiger partial charge in [0.2, 0.25) is 0 Å². The molecule has 0 atom stereocenters. The minimum Gasteiger partial charge on any atom is -0.267 e. The lowest BCUT2D eigenvalue weighted by atomic mass is 9.77. The molecule has 3 aromatic carbocycles. The molecule has 1 fully saturated rings. The average Bonchev–Trinajstić information content (AvgIpc) is 2.95. The number of nitro benzene ring substituents is 1. The van der Waals surface area contributed by atoms with Crippen molar-refractivity contribution in [3.8, 4) is 11.4 Å². The summed E-state index contributed by atoms with van der Waals surface area (Å²) in [6, 6.07) is 20.2. The summed E-state index contributed by atoms with van der Waals surface area (Å²) < 4.78 is 1.08. The highest BCUT2D eigenvalue weighted by Crippen LogP contribution is 2.37. The zero-order chi connectivity index (χ0) is 26.6. The van der Waals surface area contributed by atoms with E-state index in [2.05, 4.69) is 17.3 Å². The number of fused-ring (bicyclic) bond motifs is 1. The molecule has 0 spiro atoms. The van der Waals surface area contributed by atoms with Gasteiger partial charge in [-0.15, -0.1) is 0 Å². The predicted molar refractivity (Wildman–Crippen MR) is 148 cm³/mol. The highest BCUT2D eigenvalue weighted by Gasteiger charge is 2.22. The summed E-state index contributed by atoms with van der Waals surface area (Å²) in [6.45, 7) is 2.24. The summed E-state index contributed by atoms with van der Waals surface area (Å²) >= 11 is 0. The lowest BCUT2D eigenvalue weighted by Crippen LogP contribution is -2.35. The Balaban J connectivity index is 1.44. The Morgan fingerprint density at radius 3 is 2.47 bits per heavy atom. The van der Waals surface area contributed by atoms with E-state index in [0.717, 1.165) is 10.6 Å². The second kappa shape index (κ2) is 11.0. The molecular formula is C30H30N4O4. The number of nitrogens with zero attached hydrogens (tertiary/aromatic N) is 3. The fourth-order valence-electron chi connectivity index (χ4n) is 5.45. The molecule has 1 amide bonds. The van der Waals surface area contributed by atoms with Crippen molar-refractivity contribution in [1.82, 2.24) is 9.66 Å². The number of rotatable bonds is 7. The first-order valence-electron chi connectivity index (χ1n) is 13.1. The van der Waals surface area contributed by atoms with E-state index in [0.29, 0.717) is 27.9 Å². The number of non-ortho nitro benzene ring substituents is 1. The van der Waals surface area contributed by atoms with Gasteiger partial charge < -0.3 is 0 Å². The summed E-state index contributed by atoms with van der Waals surface area (Å²) in [5.74, 6) is 0.990. The molecule has 1 N–H and O–H groups in total. The highest BCUT2D eigenvalue weighted by atomic mass is 16.6. The maximum absolute atomic E-state index is 13.4. The topological polar surface area (TPSA) is 107 Å². The van der Waals surface area contributed by atoms with Crippen LogP contribution >= 0.6 is 0 Å². The molecule has 0 bridgehead atoms. The molecule has 1 heterocycles. The van der Waals surface area contributed by atoms with Crippen molar-refractivity contribution in [1.29, 1.82) is 0 Å². The molecule has 1 saturated carbocycles. The van der Waals surface area contributed by atoms with Crippen LogP contribution in [-0.4, -0.2) is 20.5 Å². The number of benzene rings is 3. The third-order valence-corrected chi connectivity index (χ3v) is 7.49. The Morgan fingerprint density at radius 1 is 1.03 bits per heavy atom. The van der Waals surface area contributed by atoms with Gasteiger partial charge in [-0.1, -0.05) is 56.2 Å². The zero-order valence-electron chi connectivity index (χ0n) is 21.3. The van der Waals surface area contributed by atoms with Crippen molar-refractivity contribution in [2.75, 3.05) is 5.43 Å². The first-order valence-corrected chi connectivity index (χ1v) is 13.1. The third kappa shape index (κ3) is 5.20.